The number of carbonyl (C=O) groups is 1. The van der Waals surface area contributed by atoms with E-state index in [4.69, 9.17) is 0 Å². The molecule has 0 saturated heterocycles. The zero-order chi connectivity index (χ0) is 16.1. The zero-order valence-corrected chi connectivity index (χ0v) is 13.6. The van der Waals surface area contributed by atoms with Gasteiger partial charge in [0.2, 0.25) is 0 Å². The van der Waals surface area contributed by atoms with Crippen LogP contribution in [0.1, 0.15) is 23.4 Å². The highest BCUT2D eigenvalue weighted by Crippen LogP contribution is 2.17. The Bertz CT molecular complexity index is 783. The number of rotatable bonds is 5. The summed E-state index contributed by atoms with van der Waals surface area (Å²) in [5.74, 6) is 0.211. The first-order chi connectivity index (χ1) is 11.2. The number of aromatic nitrogens is 2. The molecule has 0 spiro atoms. The van der Waals surface area contributed by atoms with Gasteiger partial charge in [-0.25, -0.2) is 9.78 Å². The Kier molecular flexibility index (Phi) is 4.83. The fourth-order valence-electron chi connectivity index (χ4n) is 2.36. The summed E-state index contributed by atoms with van der Waals surface area (Å²) in [5.41, 5.74) is 1.99. The molecule has 6 heteroatoms. The fourth-order valence-corrected chi connectivity index (χ4v) is 3.06. The monoisotopic (exact) mass is 326 g/mol. The molecule has 5 nitrogen and oxygen atoms in total. The summed E-state index contributed by atoms with van der Waals surface area (Å²) in [6, 6.07) is 9.68. The Morgan fingerprint density at radius 3 is 2.87 bits per heavy atom. The highest BCUT2D eigenvalue weighted by molar-refractivity contribution is 7.09. The smallest absolute Gasteiger partial charge is 0.315 e. The normalized spacial score (nSPS) is 12.0. The van der Waals surface area contributed by atoms with Crippen molar-refractivity contribution in [2.75, 3.05) is 6.54 Å². The van der Waals surface area contributed by atoms with Crippen LogP contribution in [0, 0.1) is 0 Å². The number of thiazole rings is 1. The highest BCUT2D eigenvalue weighted by Gasteiger charge is 2.10. The van der Waals surface area contributed by atoms with Crippen LogP contribution in [-0.2, 0) is 6.54 Å². The van der Waals surface area contributed by atoms with E-state index < -0.39 is 0 Å². The molecule has 0 bridgehead atoms. The van der Waals surface area contributed by atoms with Crippen molar-refractivity contribution in [2.24, 2.45) is 0 Å². The number of para-hydroxylation sites is 1. The largest absolute Gasteiger partial charge is 0.337 e. The van der Waals surface area contributed by atoms with E-state index in [0.717, 1.165) is 21.5 Å². The van der Waals surface area contributed by atoms with E-state index in [1.54, 1.807) is 23.7 Å². The van der Waals surface area contributed by atoms with Gasteiger partial charge in [0.05, 0.1) is 10.5 Å². The first kappa shape index (κ1) is 15.4. The summed E-state index contributed by atoms with van der Waals surface area (Å²) in [5, 5.41) is 9.83. The van der Waals surface area contributed by atoms with Gasteiger partial charge in [0, 0.05) is 42.2 Å². The van der Waals surface area contributed by atoms with Crippen LogP contribution in [0.4, 0.5) is 4.79 Å². The van der Waals surface area contributed by atoms with E-state index in [1.165, 1.54) is 0 Å². The zero-order valence-electron chi connectivity index (χ0n) is 12.8. The third kappa shape index (κ3) is 3.84. The van der Waals surface area contributed by atoms with Gasteiger partial charge in [-0.3, -0.25) is 4.98 Å². The number of urea groups is 1. The predicted molar refractivity (Wildman–Crippen MR) is 92.5 cm³/mol. The lowest BCUT2D eigenvalue weighted by molar-refractivity contribution is 0.240. The lowest BCUT2D eigenvalue weighted by atomic mass is 10.1. The molecule has 0 aliphatic heterocycles. The molecule has 2 amide bonds. The van der Waals surface area contributed by atoms with Gasteiger partial charge in [0.15, 0.2) is 0 Å². The summed E-state index contributed by atoms with van der Waals surface area (Å²) in [7, 11) is 0. The number of hydrogen-bond acceptors (Lipinski definition) is 4. The second-order valence-electron chi connectivity index (χ2n) is 5.32. The van der Waals surface area contributed by atoms with E-state index in [-0.39, 0.29) is 11.9 Å². The first-order valence-corrected chi connectivity index (χ1v) is 8.35. The maximum Gasteiger partial charge on any atom is 0.315 e. The number of hydrogen-bond donors (Lipinski definition) is 2. The van der Waals surface area contributed by atoms with Crippen molar-refractivity contribution >= 4 is 28.3 Å². The lowest BCUT2D eigenvalue weighted by Gasteiger charge is -2.12. The third-order valence-corrected chi connectivity index (χ3v) is 4.63. The van der Waals surface area contributed by atoms with Crippen LogP contribution in [0.2, 0.25) is 0 Å². The van der Waals surface area contributed by atoms with Crippen molar-refractivity contribution in [3.05, 3.63) is 58.7 Å². The molecule has 0 saturated carbocycles. The molecule has 0 radical (unpaired) electrons. The number of benzene rings is 1. The van der Waals surface area contributed by atoms with Gasteiger partial charge in [-0.05, 0) is 17.7 Å². The van der Waals surface area contributed by atoms with Gasteiger partial charge in [0.1, 0.15) is 0 Å². The topological polar surface area (TPSA) is 66.9 Å². The summed E-state index contributed by atoms with van der Waals surface area (Å²) in [6.07, 6.45) is 3.55. The summed E-state index contributed by atoms with van der Waals surface area (Å²) in [6.45, 7) is 3.09. The second-order valence-corrected chi connectivity index (χ2v) is 6.25. The highest BCUT2D eigenvalue weighted by atomic mass is 32.1. The van der Waals surface area contributed by atoms with Crippen molar-refractivity contribution in [3.63, 3.8) is 0 Å². The molecule has 2 heterocycles. The summed E-state index contributed by atoms with van der Waals surface area (Å²) >= 11 is 1.60. The first-order valence-electron chi connectivity index (χ1n) is 7.48. The Morgan fingerprint density at radius 2 is 2.04 bits per heavy atom. The molecular formula is C17H18N4OS. The van der Waals surface area contributed by atoms with Crippen LogP contribution in [0.15, 0.2) is 48.1 Å². The van der Waals surface area contributed by atoms with E-state index >= 15 is 0 Å². The van der Waals surface area contributed by atoms with Gasteiger partial charge in [-0.1, -0.05) is 25.1 Å². The lowest BCUT2D eigenvalue weighted by Crippen LogP contribution is -2.37. The Hall–Kier alpha value is -2.47. The maximum absolute atomic E-state index is 12.0. The number of nitrogens with one attached hydrogen (secondary N) is 2. The van der Waals surface area contributed by atoms with Gasteiger partial charge in [0.25, 0.3) is 0 Å². The van der Waals surface area contributed by atoms with Crippen LogP contribution >= 0.6 is 11.3 Å². The van der Waals surface area contributed by atoms with Crippen LogP contribution in [0.25, 0.3) is 10.9 Å². The molecule has 3 rings (SSSR count). The van der Waals surface area contributed by atoms with Crippen LogP contribution in [0.3, 0.4) is 0 Å². The maximum atomic E-state index is 12.0. The molecular weight excluding hydrogens is 308 g/mol. The standard InChI is InChI=1S/C17H18N4OS/c1-12(16-19-8-9-23-16)10-20-17(22)21-11-13-6-7-18-15-5-3-2-4-14(13)15/h2-9,12H,10-11H2,1H3,(H2,20,21,22)/t12-/m1/s1. The minimum Gasteiger partial charge on any atom is -0.337 e. The molecule has 2 aromatic heterocycles. The van der Waals surface area contributed by atoms with Crippen molar-refractivity contribution in [3.8, 4) is 0 Å². The second kappa shape index (κ2) is 7.19. The van der Waals surface area contributed by atoms with Crippen molar-refractivity contribution in [1.82, 2.24) is 20.6 Å². The van der Waals surface area contributed by atoms with Gasteiger partial charge in [-0.15, -0.1) is 11.3 Å². The fraction of sp³-hybridized carbons (Fsp3) is 0.235. The summed E-state index contributed by atoms with van der Waals surface area (Å²) in [4.78, 5) is 20.6. The van der Waals surface area contributed by atoms with Crippen LogP contribution in [-0.4, -0.2) is 22.5 Å². The molecule has 0 aliphatic carbocycles. The van der Waals surface area contributed by atoms with E-state index in [1.807, 2.05) is 35.7 Å². The molecule has 3 aromatic rings. The van der Waals surface area contributed by atoms with Crippen molar-refractivity contribution in [1.29, 1.82) is 0 Å². The Labute approximate surface area is 138 Å². The quantitative estimate of drug-likeness (QED) is 0.756. The number of fused-ring (bicyclic) bond motifs is 1. The molecule has 0 aliphatic rings. The molecule has 0 unspecified atom stereocenters. The van der Waals surface area contributed by atoms with E-state index in [0.29, 0.717) is 13.1 Å². The van der Waals surface area contributed by atoms with Crippen LogP contribution < -0.4 is 10.6 Å². The predicted octanol–water partition coefficient (Wildman–Crippen LogP) is 3.29. The molecule has 1 aromatic carbocycles. The molecule has 23 heavy (non-hydrogen) atoms. The minimum absolute atomic E-state index is 0.172. The van der Waals surface area contributed by atoms with Crippen LogP contribution in [0.5, 0.6) is 0 Å². The van der Waals surface area contributed by atoms with E-state index in [2.05, 4.69) is 27.5 Å². The number of amides is 2. The molecule has 1 atom stereocenters. The van der Waals surface area contributed by atoms with Gasteiger partial charge >= 0.3 is 6.03 Å². The average molecular weight is 326 g/mol. The third-order valence-electron chi connectivity index (χ3n) is 3.62. The van der Waals surface area contributed by atoms with Gasteiger partial charge < -0.3 is 10.6 Å². The number of carbonyl (C=O) groups excluding carboxylic acids is 1. The van der Waals surface area contributed by atoms with Crippen molar-refractivity contribution in [2.45, 2.75) is 19.4 Å². The van der Waals surface area contributed by atoms with Crippen molar-refractivity contribution < 1.29 is 4.79 Å². The molecule has 0 fully saturated rings. The minimum atomic E-state index is -0.172. The molecule has 2 N–H and O–H groups in total. The van der Waals surface area contributed by atoms with Gasteiger partial charge in [-0.2, -0.15) is 0 Å². The summed E-state index contributed by atoms with van der Waals surface area (Å²) < 4.78 is 0. The number of nitrogens with zero attached hydrogens (tertiary/aromatic N) is 2. The average Bonchev–Trinajstić information content (AvgIpc) is 3.12. The number of pyridine rings is 1. The Morgan fingerprint density at radius 1 is 1.17 bits per heavy atom. The SMILES string of the molecule is C[C@H](CNC(=O)NCc1ccnc2ccccc12)c1nccs1. The van der Waals surface area contributed by atoms with E-state index in [9.17, 15) is 4.79 Å². The molecule has 118 valence electrons. The Balaban J connectivity index is 1.54.